The van der Waals surface area contributed by atoms with Crippen molar-refractivity contribution in [1.82, 2.24) is 26.6 Å². The third-order valence-corrected chi connectivity index (χ3v) is 12.9. The molecule has 7 N–H and O–H groups in total. The topological polar surface area (TPSA) is 264 Å². The van der Waals surface area contributed by atoms with Gasteiger partial charge in [0.25, 0.3) is 17.7 Å². The Morgan fingerprint density at radius 2 is 1.04 bits per heavy atom. The lowest BCUT2D eigenvalue weighted by Crippen LogP contribution is -2.60. The van der Waals surface area contributed by atoms with Gasteiger partial charge in [0.05, 0.1) is 4.88 Å². The Labute approximate surface area is 461 Å². The minimum Gasteiger partial charge on any atom is -0.480 e. The van der Waals surface area contributed by atoms with Crippen LogP contribution >= 0.6 is 11.3 Å². The van der Waals surface area contributed by atoms with Crippen molar-refractivity contribution in [2.45, 2.75) is 95.8 Å². The zero-order valence-corrected chi connectivity index (χ0v) is 44.5. The summed E-state index contributed by atoms with van der Waals surface area (Å²) >= 11 is 1.22. The van der Waals surface area contributed by atoms with E-state index in [1.165, 1.54) is 18.3 Å². The van der Waals surface area contributed by atoms with Gasteiger partial charge < -0.3 is 46.5 Å². The number of esters is 2. The first kappa shape index (κ1) is 58.8. The number of benzene rings is 5. The number of carboxylic acid groups (broad SMARTS) is 1. The number of thiophene rings is 1. The molecule has 6 aromatic rings. The van der Waals surface area contributed by atoms with E-state index in [0.29, 0.717) is 16.0 Å². The lowest BCUT2D eigenvalue weighted by Gasteiger charge is -2.27. The average molecular weight is 1090 g/mol. The first-order valence-corrected chi connectivity index (χ1v) is 26.0. The molecule has 18 nitrogen and oxygen atoms in total. The van der Waals surface area contributed by atoms with E-state index in [1.54, 1.807) is 96.4 Å². The SMILES string of the molecule is CC(=O)OC(C(=O)Nc1ccc(C)cc1)C(OC(C)=O)C(=O)NC(C#Cc1cccs1)C(=O)NC(Cc1ccc(-c2ccccc2)cc1)C(=O)NC(CCc1ccccc1)C(=O)NC(C)C(=O)NC(Cc1ccccc1)C(=O)O. The van der Waals surface area contributed by atoms with Crippen molar-refractivity contribution in [2.75, 3.05) is 5.32 Å². The number of ether oxygens (including phenoxy) is 2. The fourth-order valence-electron chi connectivity index (χ4n) is 7.98. The van der Waals surface area contributed by atoms with E-state index in [-0.39, 0.29) is 31.4 Å². The summed E-state index contributed by atoms with van der Waals surface area (Å²) in [5, 5.41) is 27.2. The predicted molar refractivity (Wildman–Crippen MR) is 296 cm³/mol. The number of anilines is 1. The molecule has 5 aromatic carbocycles. The highest BCUT2D eigenvalue weighted by Crippen LogP contribution is 2.21. The van der Waals surface area contributed by atoms with Crippen LogP contribution in [0.25, 0.3) is 11.1 Å². The molecule has 0 fully saturated rings. The summed E-state index contributed by atoms with van der Waals surface area (Å²) in [6.45, 7) is 5.14. The lowest BCUT2D eigenvalue weighted by molar-refractivity contribution is -0.173. The van der Waals surface area contributed by atoms with Gasteiger partial charge in [0, 0.05) is 32.4 Å². The lowest BCUT2D eigenvalue weighted by atomic mass is 9.99. The quantitative estimate of drug-likeness (QED) is 0.0304. The van der Waals surface area contributed by atoms with Crippen LogP contribution in [0.1, 0.15) is 54.3 Å². The Morgan fingerprint density at radius 3 is 1.62 bits per heavy atom. The number of amides is 6. The summed E-state index contributed by atoms with van der Waals surface area (Å²) in [5.74, 6) is -3.64. The Morgan fingerprint density at radius 1 is 0.519 bits per heavy atom. The number of carboxylic acids is 1. The molecule has 408 valence electrons. The van der Waals surface area contributed by atoms with Gasteiger partial charge >= 0.3 is 17.9 Å². The van der Waals surface area contributed by atoms with E-state index in [9.17, 15) is 48.3 Å². The summed E-state index contributed by atoms with van der Waals surface area (Å²) in [6, 6.07) is 37.0. The molecule has 0 aliphatic carbocycles. The number of hydrogen-bond donors (Lipinski definition) is 7. The maximum atomic E-state index is 14.8. The Bertz CT molecular complexity index is 3130. The number of nitrogens with one attached hydrogen (secondary N) is 6. The summed E-state index contributed by atoms with van der Waals surface area (Å²) < 4.78 is 10.6. The Balaban J connectivity index is 1.31. The van der Waals surface area contributed by atoms with Crippen LogP contribution in [0.3, 0.4) is 0 Å². The van der Waals surface area contributed by atoms with E-state index in [4.69, 9.17) is 9.47 Å². The zero-order chi connectivity index (χ0) is 56.8. The van der Waals surface area contributed by atoms with Crippen molar-refractivity contribution in [3.05, 3.63) is 184 Å². The van der Waals surface area contributed by atoms with Crippen LogP contribution < -0.4 is 31.9 Å². The number of carbonyl (C=O) groups excluding carboxylic acids is 8. The molecule has 0 saturated carbocycles. The molecule has 19 heteroatoms. The number of hydrogen-bond acceptors (Lipinski definition) is 12. The van der Waals surface area contributed by atoms with Gasteiger partial charge in [-0.05, 0) is 78.1 Å². The Kier molecular flexibility index (Phi) is 21.8. The molecule has 0 aliphatic rings. The minimum absolute atomic E-state index is 0.00236. The summed E-state index contributed by atoms with van der Waals surface area (Å²) in [4.78, 5) is 123. The summed E-state index contributed by atoms with van der Waals surface area (Å²) in [5.41, 5.74) is 4.93. The van der Waals surface area contributed by atoms with Crippen molar-refractivity contribution >= 4 is 70.4 Å². The van der Waals surface area contributed by atoms with Gasteiger partial charge in [-0.25, -0.2) is 4.79 Å². The van der Waals surface area contributed by atoms with E-state index in [0.717, 1.165) is 36.1 Å². The van der Waals surface area contributed by atoms with Crippen molar-refractivity contribution in [2.24, 2.45) is 0 Å². The zero-order valence-electron chi connectivity index (χ0n) is 43.7. The van der Waals surface area contributed by atoms with Crippen LogP contribution in [0.4, 0.5) is 5.69 Å². The highest BCUT2D eigenvalue weighted by molar-refractivity contribution is 7.10. The molecule has 0 radical (unpaired) electrons. The van der Waals surface area contributed by atoms with Gasteiger partial charge in [-0.2, -0.15) is 0 Å². The Hall–Kier alpha value is -9.41. The van der Waals surface area contributed by atoms with Crippen LogP contribution in [0.15, 0.2) is 157 Å². The third kappa shape index (κ3) is 18.7. The van der Waals surface area contributed by atoms with Crippen molar-refractivity contribution in [3.8, 4) is 23.0 Å². The van der Waals surface area contributed by atoms with Crippen molar-refractivity contribution < 1.29 is 57.7 Å². The van der Waals surface area contributed by atoms with Gasteiger partial charge in [-0.15, -0.1) is 11.3 Å². The first-order valence-electron chi connectivity index (χ1n) is 25.2. The molecule has 6 rings (SSSR count). The summed E-state index contributed by atoms with van der Waals surface area (Å²) in [7, 11) is 0. The molecular weight excluding hydrogens is 1030 g/mol. The molecule has 7 atom stereocenters. The number of aliphatic carboxylic acids is 1. The molecule has 0 aliphatic heterocycles. The fourth-order valence-corrected chi connectivity index (χ4v) is 8.56. The average Bonchev–Trinajstić information content (AvgIpc) is 3.97. The molecule has 6 amide bonds. The molecule has 1 aromatic heterocycles. The number of aryl methyl sites for hydroxylation is 2. The van der Waals surface area contributed by atoms with E-state index >= 15 is 0 Å². The standard InChI is InChI=1S/C60H60N6O12S/c1-37-22-29-46(30-23-37)62-58(73)52(77-39(3)67)53(78-40(4)68)59(74)64-49(33-31-47-21-14-34-79-47)56(71)65-50(35-43-24-27-45(28-25-43)44-19-12-7-13-20-44)57(72)63-48(32-26-41-15-8-5-9-16-41)55(70)61-38(2)54(69)66-51(60(75)76)36-42-17-10-6-11-18-42/h5-25,27-30,34,38,48-53H,26,32,35-36H2,1-4H3,(H,61,70)(H,62,73)(H,63,72)(H,64,74)(H,65,71)(H,66,69)(H,75,76). The molecule has 0 saturated heterocycles. The van der Waals surface area contributed by atoms with Gasteiger partial charge in [0.15, 0.2) is 6.04 Å². The number of rotatable bonds is 24. The highest BCUT2D eigenvalue weighted by atomic mass is 32.1. The first-order chi connectivity index (χ1) is 37.9. The summed E-state index contributed by atoms with van der Waals surface area (Å²) in [6.07, 6.45) is -4.19. The van der Waals surface area contributed by atoms with Crippen molar-refractivity contribution in [1.29, 1.82) is 0 Å². The second-order valence-electron chi connectivity index (χ2n) is 18.3. The van der Waals surface area contributed by atoms with Gasteiger partial charge in [-0.3, -0.25) is 38.4 Å². The second kappa shape index (κ2) is 29.2. The van der Waals surface area contributed by atoms with Crippen LogP contribution in [0.2, 0.25) is 0 Å². The van der Waals surface area contributed by atoms with Gasteiger partial charge in [-0.1, -0.05) is 151 Å². The number of carbonyl (C=O) groups is 9. The molecule has 7 unspecified atom stereocenters. The predicted octanol–water partition coefficient (Wildman–Crippen LogP) is 5.22. The molecular formula is C60H60N6O12S. The molecule has 79 heavy (non-hydrogen) atoms. The minimum atomic E-state index is -2.17. The second-order valence-corrected chi connectivity index (χ2v) is 19.3. The molecule has 0 spiro atoms. The molecule has 1 heterocycles. The largest absolute Gasteiger partial charge is 0.480 e. The van der Waals surface area contributed by atoms with Crippen LogP contribution in [0, 0.1) is 18.8 Å². The van der Waals surface area contributed by atoms with Gasteiger partial charge in [0.2, 0.25) is 29.9 Å². The maximum absolute atomic E-state index is 14.8. The normalized spacial score (nSPS) is 13.3. The van der Waals surface area contributed by atoms with Crippen LogP contribution in [-0.4, -0.2) is 101 Å². The van der Waals surface area contributed by atoms with E-state index in [1.807, 2.05) is 67.6 Å². The maximum Gasteiger partial charge on any atom is 0.326 e. The molecule has 0 bridgehead atoms. The smallest absolute Gasteiger partial charge is 0.326 e. The fraction of sp³-hybridized carbons (Fsp3) is 0.250. The van der Waals surface area contributed by atoms with Crippen LogP contribution in [-0.2, 0) is 71.9 Å². The van der Waals surface area contributed by atoms with Crippen LogP contribution in [0.5, 0.6) is 0 Å². The highest BCUT2D eigenvalue weighted by Gasteiger charge is 2.41. The van der Waals surface area contributed by atoms with E-state index in [2.05, 4.69) is 43.7 Å². The van der Waals surface area contributed by atoms with E-state index < -0.39 is 95.8 Å². The third-order valence-electron chi connectivity index (χ3n) is 12.1. The monoisotopic (exact) mass is 1090 g/mol. The van der Waals surface area contributed by atoms with Gasteiger partial charge in [0.1, 0.15) is 24.2 Å². The van der Waals surface area contributed by atoms with Crippen molar-refractivity contribution in [3.63, 3.8) is 0 Å².